The third-order valence-electron chi connectivity index (χ3n) is 5.54. The number of nitrogens with zero attached hydrogens (tertiary/aromatic N) is 1. The van der Waals surface area contributed by atoms with Crippen LogP contribution in [0.4, 0.5) is 0 Å². The van der Waals surface area contributed by atoms with E-state index in [0.29, 0.717) is 11.1 Å². The molecule has 3 heterocycles. The Morgan fingerprint density at radius 1 is 0.900 bits per heavy atom. The average Bonchev–Trinajstić information content (AvgIpc) is 3.40. The molecule has 30 heavy (non-hydrogen) atoms. The van der Waals surface area contributed by atoms with Crippen LogP contribution in [0.15, 0.2) is 54.4 Å². The number of benzene rings is 1. The van der Waals surface area contributed by atoms with E-state index >= 15 is 0 Å². The molecule has 1 aliphatic carbocycles. The van der Waals surface area contributed by atoms with Gasteiger partial charge >= 0.3 is 0 Å². The van der Waals surface area contributed by atoms with E-state index in [-0.39, 0.29) is 17.1 Å². The van der Waals surface area contributed by atoms with Gasteiger partial charge in [-0.15, -0.1) is 22.7 Å². The average molecular weight is 430 g/mol. The number of thiophene rings is 2. The van der Waals surface area contributed by atoms with Crippen molar-refractivity contribution in [2.24, 2.45) is 0 Å². The van der Waals surface area contributed by atoms with Crippen molar-refractivity contribution in [3.05, 3.63) is 81.5 Å². The highest BCUT2D eigenvalue weighted by Crippen LogP contribution is 2.39. The first-order chi connectivity index (χ1) is 14.6. The van der Waals surface area contributed by atoms with Crippen molar-refractivity contribution >= 4 is 49.7 Å². The molecule has 0 amide bonds. The van der Waals surface area contributed by atoms with Gasteiger partial charge < -0.3 is 0 Å². The number of ketones is 2. The van der Waals surface area contributed by atoms with Gasteiger partial charge in [0, 0.05) is 48.2 Å². The second-order valence-electron chi connectivity index (χ2n) is 7.32. The van der Waals surface area contributed by atoms with Crippen molar-refractivity contribution in [3.8, 4) is 10.4 Å². The minimum absolute atomic E-state index is 0.153. The van der Waals surface area contributed by atoms with Crippen molar-refractivity contribution in [2.45, 2.75) is 26.7 Å². The number of aromatic nitrogens is 1. The van der Waals surface area contributed by atoms with Crippen LogP contribution in [-0.4, -0.2) is 16.6 Å². The van der Waals surface area contributed by atoms with Gasteiger partial charge in [0.15, 0.2) is 11.6 Å². The number of allylic oxidation sites excluding steroid dienone is 1. The minimum atomic E-state index is -0.153. The molecule has 1 aliphatic rings. The molecule has 148 valence electrons. The Morgan fingerprint density at radius 2 is 1.57 bits per heavy atom. The monoisotopic (exact) mass is 429 g/mol. The summed E-state index contributed by atoms with van der Waals surface area (Å²) in [4.78, 5) is 32.3. The van der Waals surface area contributed by atoms with Gasteiger partial charge in [-0.2, -0.15) is 0 Å². The standard InChI is InChI=1S/C25H19NO2S2/c1-3-14-8-18-19(9-15(14)4-2)25(28)20(24(18)27)10-17-11-22-23(29-17)12-21(30-22)16-6-5-7-26-13-16/h5-13H,3-4H2,1-2H3. The van der Waals surface area contributed by atoms with E-state index in [1.807, 2.05) is 30.5 Å². The number of hydrogen-bond donors (Lipinski definition) is 0. The number of carbonyl (C=O) groups excluding carboxylic acids is 2. The number of hydrogen-bond acceptors (Lipinski definition) is 5. The Kier molecular flexibility index (Phi) is 4.72. The molecule has 5 heteroatoms. The third-order valence-corrected chi connectivity index (χ3v) is 7.83. The topological polar surface area (TPSA) is 47.0 Å². The number of carbonyl (C=O) groups is 2. The predicted molar refractivity (Wildman–Crippen MR) is 125 cm³/mol. The van der Waals surface area contributed by atoms with Gasteiger partial charge in [0.05, 0.1) is 5.57 Å². The molecule has 0 aliphatic heterocycles. The molecule has 3 aromatic heterocycles. The van der Waals surface area contributed by atoms with Crippen molar-refractivity contribution in [1.29, 1.82) is 0 Å². The molecule has 0 fully saturated rings. The zero-order valence-electron chi connectivity index (χ0n) is 16.7. The molecule has 3 nitrogen and oxygen atoms in total. The summed E-state index contributed by atoms with van der Waals surface area (Å²) in [6.45, 7) is 4.16. The molecule has 0 bridgehead atoms. The van der Waals surface area contributed by atoms with E-state index in [9.17, 15) is 9.59 Å². The highest BCUT2D eigenvalue weighted by atomic mass is 32.1. The van der Waals surface area contributed by atoms with Crippen LogP contribution >= 0.6 is 22.7 Å². The molecule has 1 aromatic carbocycles. The molecular weight excluding hydrogens is 410 g/mol. The lowest BCUT2D eigenvalue weighted by Gasteiger charge is -2.07. The van der Waals surface area contributed by atoms with Crippen LogP contribution in [0.1, 0.15) is 50.6 Å². The number of rotatable bonds is 4. The summed E-state index contributed by atoms with van der Waals surface area (Å²) in [6, 6.07) is 12.0. The highest BCUT2D eigenvalue weighted by Gasteiger charge is 2.34. The van der Waals surface area contributed by atoms with Crippen molar-refractivity contribution in [1.82, 2.24) is 4.98 Å². The summed E-state index contributed by atoms with van der Waals surface area (Å²) in [5, 5.41) is 0. The molecule has 0 spiro atoms. The SMILES string of the molecule is CCc1cc2c(cc1CC)C(=O)C(=Cc1cc3sc(-c4cccnc4)cc3s1)C2=O. The van der Waals surface area contributed by atoms with Crippen LogP contribution in [-0.2, 0) is 12.8 Å². The lowest BCUT2D eigenvalue weighted by molar-refractivity contribution is 0.0990. The normalized spacial score (nSPS) is 13.3. The largest absolute Gasteiger partial charge is 0.288 e. The van der Waals surface area contributed by atoms with Gasteiger partial charge in [0.25, 0.3) is 0 Å². The van der Waals surface area contributed by atoms with Crippen LogP contribution < -0.4 is 0 Å². The molecule has 0 atom stereocenters. The second kappa shape index (κ2) is 7.42. The van der Waals surface area contributed by atoms with Crippen LogP contribution in [0, 0.1) is 0 Å². The van der Waals surface area contributed by atoms with Crippen molar-refractivity contribution in [2.75, 3.05) is 0 Å². The van der Waals surface area contributed by atoms with Gasteiger partial charge in [-0.1, -0.05) is 19.9 Å². The Morgan fingerprint density at radius 3 is 2.13 bits per heavy atom. The van der Waals surface area contributed by atoms with E-state index in [4.69, 9.17) is 0 Å². The lowest BCUT2D eigenvalue weighted by atomic mass is 9.96. The van der Waals surface area contributed by atoms with Gasteiger partial charge in [0.1, 0.15) is 0 Å². The molecule has 0 N–H and O–H groups in total. The summed E-state index contributed by atoms with van der Waals surface area (Å²) >= 11 is 3.31. The fraction of sp³-hybridized carbons (Fsp3) is 0.160. The summed E-state index contributed by atoms with van der Waals surface area (Å²) < 4.78 is 2.31. The Balaban J connectivity index is 1.51. The number of pyridine rings is 1. The van der Waals surface area contributed by atoms with Crippen LogP contribution in [0.3, 0.4) is 0 Å². The summed E-state index contributed by atoms with van der Waals surface area (Å²) in [6.07, 6.45) is 7.11. The quantitative estimate of drug-likeness (QED) is 0.271. The van der Waals surface area contributed by atoms with Crippen molar-refractivity contribution in [3.63, 3.8) is 0 Å². The predicted octanol–water partition coefficient (Wildman–Crippen LogP) is 6.61. The van der Waals surface area contributed by atoms with E-state index in [0.717, 1.165) is 43.8 Å². The van der Waals surface area contributed by atoms with E-state index < -0.39 is 0 Å². The molecule has 0 saturated heterocycles. The zero-order chi connectivity index (χ0) is 20.8. The lowest BCUT2D eigenvalue weighted by Crippen LogP contribution is -1.99. The summed E-state index contributed by atoms with van der Waals surface area (Å²) in [5.74, 6) is -0.305. The Hall–Kier alpha value is -2.89. The third kappa shape index (κ3) is 3.06. The van der Waals surface area contributed by atoms with E-state index in [1.54, 1.807) is 34.9 Å². The smallest absolute Gasteiger partial charge is 0.197 e. The van der Waals surface area contributed by atoms with Crippen LogP contribution in [0.25, 0.3) is 25.9 Å². The Labute approximate surface area is 182 Å². The summed E-state index contributed by atoms with van der Waals surface area (Å²) in [5.41, 5.74) is 4.79. The maximum atomic E-state index is 13.0. The molecule has 0 unspecified atom stereocenters. The number of fused-ring (bicyclic) bond motifs is 2. The first-order valence-electron chi connectivity index (χ1n) is 9.99. The van der Waals surface area contributed by atoms with E-state index in [1.165, 1.54) is 4.88 Å². The van der Waals surface area contributed by atoms with Gasteiger partial charge in [0.2, 0.25) is 0 Å². The van der Waals surface area contributed by atoms with Gasteiger partial charge in [-0.3, -0.25) is 14.6 Å². The first-order valence-corrected chi connectivity index (χ1v) is 11.6. The first kappa shape index (κ1) is 19.1. The maximum absolute atomic E-state index is 13.0. The molecule has 0 saturated carbocycles. The summed E-state index contributed by atoms with van der Waals surface area (Å²) in [7, 11) is 0. The minimum Gasteiger partial charge on any atom is -0.288 e. The Bertz CT molecular complexity index is 1270. The van der Waals surface area contributed by atoms with Gasteiger partial charge in [-0.05, 0) is 60.4 Å². The van der Waals surface area contributed by atoms with E-state index in [2.05, 4.69) is 31.0 Å². The van der Waals surface area contributed by atoms with Crippen LogP contribution in [0.5, 0.6) is 0 Å². The second-order valence-corrected chi connectivity index (χ2v) is 9.52. The molecule has 4 aromatic rings. The number of aryl methyl sites for hydroxylation is 2. The van der Waals surface area contributed by atoms with Crippen LogP contribution in [0.2, 0.25) is 0 Å². The maximum Gasteiger partial charge on any atom is 0.197 e. The highest BCUT2D eigenvalue weighted by molar-refractivity contribution is 7.29. The van der Waals surface area contributed by atoms with Gasteiger partial charge in [-0.25, -0.2) is 0 Å². The fourth-order valence-corrected chi connectivity index (χ4v) is 6.31. The molecule has 0 radical (unpaired) electrons. The van der Waals surface area contributed by atoms with Crippen molar-refractivity contribution < 1.29 is 9.59 Å². The zero-order valence-corrected chi connectivity index (χ0v) is 18.3. The molecular formula is C25H19NO2S2. The molecule has 5 rings (SSSR count). The number of Topliss-reactive ketones (excluding diaryl/α,β-unsaturated/α-hetero) is 2. The fourth-order valence-electron chi connectivity index (χ4n) is 3.97.